The summed E-state index contributed by atoms with van der Waals surface area (Å²) < 4.78 is 2.70. The Kier molecular flexibility index (Phi) is 5.02. The maximum Gasteiger partial charge on any atom is 0.272 e. The minimum absolute atomic E-state index is 0.0126. The molecule has 0 spiro atoms. The summed E-state index contributed by atoms with van der Waals surface area (Å²) in [6.07, 6.45) is 1.34. The first-order valence-electron chi connectivity index (χ1n) is 9.97. The summed E-state index contributed by atoms with van der Waals surface area (Å²) >= 11 is 1.46. The summed E-state index contributed by atoms with van der Waals surface area (Å²) in [6.45, 7) is 7.42. The molecule has 0 radical (unpaired) electrons. The van der Waals surface area contributed by atoms with Gasteiger partial charge in [0.15, 0.2) is 10.8 Å². The maximum absolute atomic E-state index is 13.0. The summed E-state index contributed by atoms with van der Waals surface area (Å²) in [4.78, 5) is 32.3. The van der Waals surface area contributed by atoms with Crippen molar-refractivity contribution in [2.45, 2.75) is 39.0 Å². The van der Waals surface area contributed by atoms with Crippen molar-refractivity contribution in [3.8, 4) is 0 Å². The van der Waals surface area contributed by atoms with Crippen molar-refractivity contribution in [3.05, 3.63) is 46.7 Å². The highest BCUT2D eigenvalue weighted by Crippen LogP contribution is 2.28. The van der Waals surface area contributed by atoms with E-state index in [0.717, 1.165) is 15.9 Å². The van der Waals surface area contributed by atoms with Crippen LogP contribution in [0.2, 0.25) is 0 Å². The normalized spacial score (nSPS) is 15.8. The second kappa shape index (κ2) is 7.37. The van der Waals surface area contributed by atoms with E-state index in [2.05, 4.69) is 30.9 Å². The molecule has 2 aromatic heterocycles. The molecule has 1 saturated heterocycles. The molecule has 0 saturated carbocycles. The van der Waals surface area contributed by atoms with Crippen molar-refractivity contribution in [2.24, 2.45) is 13.0 Å². The van der Waals surface area contributed by atoms with Crippen molar-refractivity contribution in [1.82, 2.24) is 19.7 Å². The molecule has 1 fully saturated rings. The van der Waals surface area contributed by atoms with Gasteiger partial charge in [-0.2, -0.15) is 5.10 Å². The van der Waals surface area contributed by atoms with Gasteiger partial charge in [-0.3, -0.25) is 14.3 Å². The number of rotatable bonds is 3. The summed E-state index contributed by atoms with van der Waals surface area (Å²) in [5.41, 5.74) is 2.28. The van der Waals surface area contributed by atoms with E-state index in [0.29, 0.717) is 36.6 Å². The number of hydrogen-bond donors (Lipinski definition) is 0. The van der Waals surface area contributed by atoms with E-state index in [1.165, 1.54) is 11.3 Å². The van der Waals surface area contributed by atoms with E-state index in [1.54, 1.807) is 4.68 Å². The number of carbonyl (C=O) groups is 2. The van der Waals surface area contributed by atoms with E-state index < -0.39 is 0 Å². The lowest BCUT2D eigenvalue weighted by molar-refractivity contribution is 0.0641. The van der Waals surface area contributed by atoms with Gasteiger partial charge in [0.25, 0.3) is 5.91 Å². The molecular weight excluding hydrogens is 384 g/mol. The molecule has 29 heavy (non-hydrogen) atoms. The lowest BCUT2D eigenvalue weighted by Crippen LogP contribution is -2.41. The number of piperidine rings is 1. The van der Waals surface area contributed by atoms with Gasteiger partial charge in [0.05, 0.1) is 15.9 Å². The minimum atomic E-state index is -0.104. The second-order valence-corrected chi connectivity index (χ2v) is 9.74. The monoisotopic (exact) mass is 410 g/mol. The van der Waals surface area contributed by atoms with Gasteiger partial charge in [0.1, 0.15) is 5.69 Å². The smallest absolute Gasteiger partial charge is 0.272 e. The average molecular weight is 411 g/mol. The zero-order valence-corrected chi connectivity index (χ0v) is 18.1. The number of nitrogens with zero attached hydrogens (tertiary/aromatic N) is 4. The lowest BCUT2D eigenvalue weighted by atomic mass is 9.91. The van der Waals surface area contributed by atoms with Crippen molar-refractivity contribution in [2.75, 3.05) is 13.1 Å². The zero-order valence-electron chi connectivity index (χ0n) is 17.3. The van der Waals surface area contributed by atoms with Gasteiger partial charge in [-0.25, -0.2) is 4.98 Å². The number of benzene rings is 1. The number of para-hydroxylation sites is 1. The van der Waals surface area contributed by atoms with Crippen LogP contribution in [0.4, 0.5) is 0 Å². The number of aromatic nitrogens is 3. The highest BCUT2D eigenvalue weighted by molar-refractivity contribution is 7.20. The summed E-state index contributed by atoms with van der Waals surface area (Å²) in [6, 6.07) is 9.71. The molecule has 3 aromatic rings. The summed E-state index contributed by atoms with van der Waals surface area (Å²) in [5, 5.41) is 5.09. The van der Waals surface area contributed by atoms with Gasteiger partial charge in [-0.05, 0) is 31.0 Å². The standard InChI is InChI=1S/C22H26N4O2S/c1-22(2,3)18-13-16(25(4)24-18)21(28)26-11-9-14(10-12-26)19(27)20-23-15-7-5-6-8-17(15)29-20/h5-8,13-14H,9-12H2,1-4H3. The Hall–Kier alpha value is -2.54. The van der Waals surface area contributed by atoms with E-state index in [9.17, 15) is 9.59 Å². The van der Waals surface area contributed by atoms with Crippen molar-refractivity contribution in [3.63, 3.8) is 0 Å². The van der Waals surface area contributed by atoms with E-state index >= 15 is 0 Å². The molecule has 7 heteroatoms. The summed E-state index contributed by atoms with van der Waals surface area (Å²) in [7, 11) is 1.81. The number of carbonyl (C=O) groups excluding carboxylic acids is 2. The van der Waals surface area contributed by atoms with Crippen LogP contribution in [0.15, 0.2) is 30.3 Å². The third kappa shape index (κ3) is 3.83. The maximum atomic E-state index is 13.0. The van der Waals surface area contributed by atoms with Crippen molar-refractivity contribution < 1.29 is 9.59 Å². The second-order valence-electron chi connectivity index (χ2n) is 8.71. The molecule has 1 aromatic carbocycles. The zero-order chi connectivity index (χ0) is 20.8. The molecule has 152 valence electrons. The molecular formula is C22H26N4O2S. The Morgan fingerprint density at radius 2 is 1.83 bits per heavy atom. The number of Topliss-reactive ketones (excluding diaryl/α,β-unsaturated/α-hetero) is 1. The molecule has 0 atom stereocenters. The van der Waals surface area contributed by atoms with Gasteiger partial charge >= 0.3 is 0 Å². The number of likely N-dealkylation sites (tertiary alicyclic amines) is 1. The average Bonchev–Trinajstić information content (AvgIpc) is 3.30. The van der Waals surface area contributed by atoms with Gasteiger partial charge in [0.2, 0.25) is 0 Å². The Balaban J connectivity index is 1.43. The molecule has 1 aliphatic rings. The molecule has 1 amide bonds. The predicted molar refractivity (Wildman–Crippen MR) is 114 cm³/mol. The van der Waals surface area contributed by atoms with Crippen LogP contribution < -0.4 is 0 Å². The third-order valence-electron chi connectivity index (χ3n) is 5.52. The quantitative estimate of drug-likeness (QED) is 0.611. The number of aryl methyl sites for hydroxylation is 1. The Labute approximate surface area is 174 Å². The molecule has 0 bridgehead atoms. The fourth-order valence-electron chi connectivity index (χ4n) is 3.69. The summed E-state index contributed by atoms with van der Waals surface area (Å²) in [5.74, 6) is 0.0199. The first-order chi connectivity index (χ1) is 13.7. The number of amides is 1. The molecule has 6 nitrogen and oxygen atoms in total. The van der Waals surface area contributed by atoms with E-state index in [-0.39, 0.29) is 23.0 Å². The van der Waals surface area contributed by atoms with Crippen LogP contribution >= 0.6 is 11.3 Å². The van der Waals surface area contributed by atoms with Gasteiger partial charge in [-0.1, -0.05) is 32.9 Å². The van der Waals surface area contributed by atoms with Gasteiger partial charge in [0, 0.05) is 31.5 Å². The predicted octanol–water partition coefficient (Wildman–Crippen LogP) is 4.06. The fourth-order valence-corrected chi connectivity index (χ4v) is 4.68. The first kappa shape index (κ1) is 19.8. The Bertz CT molecular complexity index is 1040. The minimum Gasteiger partial charge on any atom is -0.337 e. The molecule has 1 aliphatic heterocycles. The van der Waals surface area contributed by atoms with Crippen LogP contribution in [0.5, 0.6) is 0 Å². The Morgan fingerprint density at radius 3 is 2.45 bits per heavy atom. The third-order valence-corrected chi connectivity index (χ3v) is 6.58. The van der Waals surface area contributed by atoms with Crippen molar-refractivity contribution in [1.29, 1.82) is 0 Å². The van der Waals surface area contributed by atoms with E-state index in [1.807, 2.05) is 42.3 Å². The number of ketones is 1. The SMILES string of the molecule is Cn1nc(C(C)(C)C)cc1C(=O)N1CCC(C(=O)c2nc3ccccc3s2)CC1. The van der Waals surface area contributed by atoms with Crippen LogP contribution in [0, 0.1) is 5.92 Å². The van der Waals surface area contributed by atoms with Crippen LogP contribution in [0.3, 0.4) is 0 Å². The molecule has 4 rings (SSSR count). The van der Waals surface area contributed by atoms with Crippen LogP contribution in [0.1, 0.15) is 59.6 Å². The van der Waals surface area contributed by atoms with Crippen LogP contribution in [0.25, 0.3) is 10.2 Å². The fraction of sp³-hybridized carbons (Fsp3) is 0.455. The van der Waals surface area contributed by atoms with Crippen LogP contribution in [-0.4, -0.2) is 44.4 Å². The van der Waals surface area contributed by atoms with Gasteiger partial charge in [-0.15, -0.1) is 11.3 Å². The molecule has 0 aliphatic carbocycles. The highest BCUT2D eigenvalue weighted by Gasteiger charge is 2.31. The number of thiazole rings is 1. The largest absolute Gasteiger partial charge is 0.337 e. The molecule has 0 N–H and O–H groups in total. The van der Waals surface area contributed by atoms with Gasteiger partial charge < -0.3 is 4.90 Å². The topological polar surface area (TPSA) is 68.1 Å². The Morgan fingerprint density at radius 1 is 1.14 bits per heavy atom. The number of hydrogen-bond acceptors (Lipinski definition) is 5. The highest BCUT2D eigenvalue weighted by atomic mass is 32.1. The first-order valence-corrected chi connectivity index (χ1v) is 10.8. The van der Waals surface area contributed by atoms with Crippen molar-refractivity contribution >= 4 is 33.2 Å². The van der Waals surface area contributed by atoms with Crippen LogP contribution in [-0.2, 0) is 12.5 Å². The van der Waals surface area contributed by atoms with E-state index in [4.69, 9.17) is 0 Å². The number of fused-ring (bicyclic) bond motifs is 1. The molecule has 0 unspecified atom stereocenters. The molecule has 3 heterocycles. The lowest BCUT2D eigenvalue weighted by Gasteiger charge is -2.30.